The number of ether oxygens (including phenoxy) is 3. The lowest BCUT2D eigenvalue weighted by Crippen LogP contribution is -2.34. The number of carbonyl (C=O) groups excluding carboxylic acids is 2. The molecule has 3 rings (SSSR count). The zero-order valence-electron chi connectivity index (χ0n) is 17.8. The predicted octanol–water partition coefficient (Wildman–Crippen LogP) is 2.94. The lowest BCUT2D eigenvalue weighted by molar-refractivity contribution is -0.129. The summed E-state index contributed by atoms with van der Waals surface area (Å²) in [7, 11) is 4.77. The lowest BCUT2D eigenvalue weighted by Gasteiger charge is -2.19. The van der Waals surface area contributed by atoms with Crippen LogP contribution in [0.2, 0.25) is 0 Å². The van der Waals surface area contributed by atoms with Crippen molar-refractivity contribution in [3.8, 4) is 17.2 Å². The van der Waals surface area contributed by atoms with Gasteiger partial charge in [-0.05, 0) is 42.3 Å². The van der Waals surface area contributed by atoms with Gasteiger partial charge in [-0.3, -0.25) is 9.59 Å². The van der Waals surface area contributed by atoms with E-state index in [-0.39, 0.29) is 30.2 Å². The van der Waals surface area contributed by atoms with Crippen molar-refractivity contribution < 1.29 is 23.8 Å². The first-order chi connectivity index (χ1) is 14.4. The molecule has 1 fully saturated rings. The molecule has 0 aliphatic carbocycles. The third-order valence-corrected chi connectivity index (χ3v) is 5.38. The van der Waals surface area contributed by atoms with Crippen LogP contribution in [0, 0.1) is 5.92 Å². The van der Waals surface area contributed by atoms with Crippen molar-refractivity contribution in [2.45, 2.75) is 25.9 Å². The van der Waals surface area contributed by atoms with Gasteiger partial charge in [-0.25, -0.2) is 0 Å². The van der Waals surface area contributed by atoms with Crippen LogP contribution in [0.3, 0.4) is 0 Å². The molecule has 1 aliphatic heterocycles. The van der Waals surface area contributed by atoms with Crippen LogP contribution in [0.15, 0.2) is 42.5 Å². The fourth-order valence-corrected chi connectivity index (χ4v) is 3.59. The van der Waals surface area contributed by atoms with E-state index in [1.807, 2.05) is 49.4 Å². The predicted molar refractivity (Wildman–Crippen MR) is 113 cm³/mol. The van der Waals surface area contributed by atoms with Crippen LogP contribution in [0.1, 0.15) is 30.5 Å². The Labute approximate surface area is 176 Å². The highest BCUT2D eigenvalue weighted by Gasteiger charge is 2.34. The van der Waals surface area contributed by atoms with Gasteiger partial charge in [0.25, 0.3) is 0 Å². The van der Waals surface area contributed by atoms with E-state index in [0.717, 1.165) is 16.9 Å². The van der Waals surface area contributed by atoms with Crippen molar-refractivity contribution in [1.82, 2.24) is 10.2 Å². The van der Waals surface area contributed by atoms with Crippen LogP contribution >= 0.6 is 0 Å². The first-order valence-corrected chi connectivity index (χ1v) is 9.88. The lowest BCUT2D eigenvalue weighted by atomic mass is 10.0. The molecule has 7 nitrogen and oxygen atoms in total. The summed E-state index contributed by atoms with van der Waals surface area (Å²) in [5.41, 5.74) is 1.91. The van der Waals surface area contributed by atoms with Gasteiger partial charge in [-0.15, -0.1) is 0 Å². The molecule has 2 unspecified atom stereocenters. The van der Waals surface area contributed by atoms with Gasteiger partial charge in [0.15, 0.2) is 11.5 Å². The normalized spacial score (nSPS) is 16.9. The Kier molecular flexibility index (Phi) is 6.82. The molecule has 2 aromatic carbocycles. The van der Waals surface area contributed by atoms with Crippen LogP contribution in [0.4, 0.5) is 0 Å². The van der Waals surface area contributed by atoms with Crippen molar-refractivity contribution in [2.75, 3.05) is 27.9 Å². The van der Waals surface area contributed by atoms with E-state index in [4.69, 9.17) is 14.2 Å². The molecule has 1 heterocycles. The van der Waals surface area contributed by atoms with Crippen molar-refractivity contribution in [2.24, 2.45) is 5.92 Å². The number of amides is 2. The SMILES string of the molecule is COc1ccc(CN2CC(C(=O)NC(C)c3ccc(OC)c(OC)c3)CC2=O)cc1. The fraction of sp³-hybridized carbons (Fsp3) is 0.391. The monoisotopic (exact) mass is 412 g/mol. The summed E-state index contributed by atoms with van der Waals surface area (Å²) < 4.78 is 15.8. The number of nitrogens with zero attached hydrogens (tertiary/aromatic N) is 1. The maximum atomic E-state index is 12.8. The number of nitrogens with one attached hydrogen (secondary N) is 1. The fourth-order valence-electron chi connectivity index (χ4n) is 3.59. The van der Waals surface area contributed by atoms with E-state index in [9.17, 15) is 9.59 Å². The van der Waals surface area contributed by atoms with Crippen molar-refractivity contribution in [3.63, 3.8) is 0 Å². The third-order valence-electron chi connectivity index (χ3n) is 5.38. The largest absolute Gasteiger partial charge is 0.497 e. The van der Waals surface area contributed by atoms with E-state index in [2.05, 4.69) is 5.32 Å². The minimum Gasteiger partial charge on any atom is -0.497 e. The van der Waals surface area contributed by atoms with Crippen LogP contribution in [0.25, 0.3) is 0 Å². The standard InChI is InChI=1S/C23H28N2O5/c1-15(17-7-10-20(29-3)21(11-17)30-4)24-23(27)18-12-22(26)25(14-18)13-16-5-8-19(28-2)9-6-16/h5-11,15,18H,12-14H2,1-4H3,(H,24,27). The highest BCUT2D eigenvalue weighted by Crippen LogP contribution is 2.30. The minimum absolute atomic E-state index is 0.00950. The molecule has 2 atom stereocenters. The minimum atomic E-state index is -0.363. The van der Waals surface area contributed by atoms with Gasteiger partial charge in [0, 0.05) is 19.5 Å². The molecular formula is C23H28N2O5. The van der Waals surface area contributed by atoms with Crippen molar-refractivity contribution in [1.29, 1.82) is 0 Å². The van der Waals surface area contributed by atoms with Crippen LogP contribution < -0.4 is 19.5 Å². The number of hydrogen-bond acceptors (Lipinski definition) is 5. The Morgan fingerprint density at radius 3 is 2.40 bits per heavy atom. The second-order valence-corrected chi connectivity index (χ2v) is 7.37. The molecule has 0 saturated carbocycles. The van der Waals surface area contributed by atoms with E-state index in [0.29, 0.717) is 24.6 Å². The second kappa shape index (κ2) is 9.52. The smallest absolute Gasteiger partial charge is 0.225 e. The first-order valence-electron chi connectivity index (χ1n) is 9.88. The van der Waals surface area contributed by atoms with Crippen LogP contribution in [-0.2, 0) is 16.1 Å². The van der Waals surface area contributed by atoms with Gasteiger partial charge in [0.1, 0.15) is 5.75 Å². The second-order valence-electron chi connectivity index (χ2n) is 7.37. The molecule has 2 amide bonds. The Balaban J connectivity index is 1.59. The van der Waals surface area contributed by atoms with E-state index in [1.165, 1.54) is 0 Å². The molecule has 160 valence electrons. The number of carbonyl (C=O) groups is 2. The van der Waals surface area contributed by atoms with E-state index in [1.54, 1.807) is 26.2 Å². The van der Waals surface area contributed by atoms with E-state index >= 15 is 0 Å². The van der Waals surface area contributed by atoms with Crippen molar-refractivity contribution >= 4 is 11.8 Å². The molecule has 30 heavy (non-hydrogen) atoms. The molecule has 7 heteroatoms. The Morgan fingerprint density at radius 1 is 1.07 bits per heavy atom. The molecule has 1 aliphatic rings. The summed E-state index contributed by atoms with van der Waals surface area (Å²) >= 11 is 0. The van der Waals surface area contributed by atoms with Gasteiger partial charge >= 0.3 is 0 Å². The highest BCUT2D eigenvalue weighted by molar-refractivity contribution is 5.89. The van der Waals surface area contributed by atoms with Gasteiger partial charge in [0.2, 0.25) is 11.8 Å². The quantitative estimate of drug-likeness (QED) is 0.721. The number of rotatable bonds is 8. The topological polar surface area (TPSA) is 77.1 Å². The Morgan fingerprint density at radius 2 is 1.77 bits per heavy atom. The van der Waals surface area contributed by atoms with Crippen LogP contribution in [-0.4, -0.2) is 44.6 Å². The Bertz CT molecular complexity index is 897. The molecule has 2 aromatic rings. The molecule has 0 spiro atoms. The molecule has 0 radical (unpaired) electrons. The highest BCUT2D eigenvalue weighted by atomic mass is 16.5. The third kappa shape index (κ3) is 4.84. The van der Waals surface area contributed by atoms with Crippen molar-refractivity contribution in [3.05, 3.63) is 53.6 Å². The summed E-state index contributed by atoms with van der Waals surface area (Å²) in [6, 6.07) is 12.9. The molecule has 1 saturated heterocycles. The van der Waals surface area contributed by atoms with Gasteiger partial charge in [0.05, 0.1) is 33.3 Å². The molecule has 0 bridgehead atoms. The van der Waals surface area contributed by atoms with Gasteiger partial charge in [-0.2, -0.15) is 0 Å². The molecular weight excluding hydrogens is 384 g/mol. The maximum absolute atomic E-state index is 12.8. The number of methoxy groups -OCH3 is 3. The average Bonchev–Trinajstić information content (AvgIpc) is 3.14. The van der Waals surface area contributed by atoms with E-state index < -0.39 is 0 Å². The zero-order chi connectivity index (χ0) is 21.7. The first kappa shape index (κ1) is 21.5. The maximum Gasteiger partial charge on any atom is 0.225 e. The zero-order valence-corrected chi connectivity index (χ0v) is 17.8. The van der Waals surface area contributed by atoms with Gasteiger partial charge in [-0.1, -0.05) is 18.2 Å². The summed E-state index contributed by atoms with van der Waals surface area (Å²) in [5, 5.41) is 3.02. The van der Waals surface area contributed by atoms with Crippen LogP contribution in [0.5, 0.6) is 17.2 Å². The number of benzene rings is 2. The number of hydrogen-bond donors (Lipinski definition) is 1. The number of likely N-dealkylation sites (tertiary alicyclic amines) is 1. The average molecular weight is 412 g/mol. The molecule has 1 N–H and O–H groups in total. The Hall–Kier alpha value is -3.22. The molecule has 0 aromatic heterocycles. The summed E-state index contributed by atoms with van der Waals surface area (Å²) in [4.78, 5) is 26.9. The summed E-state index contributed by atoms with van der Waals surface area (Å²) in [6.45, 7) is 2.80. The summed E-state index contributed by atoms with van der Waals surface area (Å²) in [6.07, 6.45) is 0.223. The van der Waals surface area contributed by atoms with Gasteiger partial charge < -0.3 is 24.4 Å². The summed E-state index contributed by atoms with van der Waals surface area (Å²) in [5.74, 6) is 1.52.